The summed E-state index contributed by atoms with van der Waals surface area (Å²) < 4.78 is 10.2. The average Bonchev–Trinajstić information content (AvgIpc) is 2.44. The number of nitrogens with two attached hydrogens (primary N) is 1. The van der Waals surface area contributed by atoms with Crippen molar-refractivity contribution in [2.75, 3.05) is 20.8 Å². The Kier molecular flexibility index (Phi) is 6.32. The van der Waals surface area contributed by atoms with Crippen molar-refractivity contribution in [3.8, 4) is 5.75 Å². The van der Waals surface area contributed by atoms with E-state index in [0.717, 1.165) is 11.3 Å². The normalized spacial score (nSPS) is 13.7. The third-order valence-corrected chi connectivity index (χ3v) is 3.00. The van der Waals surface area contributed by atoms with E-state index >= 15 is 0 Å². The van der Waals surface area contributed by atoms with Gasteiger partial charge in [-0.2, -0.15) is 0 Å². The van der Waals surface area contributed by atoms with E-state index in [1.807, 2.05) is 31.2 Å². The number of carbonyl (C=O) groups is 1. The van der Waals surface area contributed by atoms with Crippen molar-refractivity contribution in [1.29, 1.82) is 0 Å². The first-order chi connectivity index (χ1) is 9.10. The van der Waals surface area contributed by atoms with Gasteiger partial charge < -0.3 is 20.5 Å². The van der Waals surface area contributed by atoms with Gasteiger partial charge in [-0.1, -0.05) is 12.1 Å². The monoisotopic (exact) mass is 266 g/mol. The van der Waals surface area contributed by atoms with Crippen LogP contribution in [0.25, 0.3) is 0 Å². The molecule has 0 aliphatic rings. The molecule has 0 fully saturated rings. The molecule has 1 amide bonds. The quantitative estimate of drug-likeness (QED) is 0.778. The first-order valence-corrected chi connectivity index (χ1v) is 6.26. The minimum Gasteiger partial charge on any atom is -0.497 e. The zero-order valence-electron chi connectivity index (χ0n) is 11.7. The average molecular weight is 266 g/mol. The lowest BCUT2D eigenvalue weighted by molar-refractivity contribution is -0.124. The fourth-order valence-electron chi connectivity index (χ4n) is 1.75. The Morgan fingerprint density at radius 1 is 1.32 bits per heavy atom. The summed E-state index contributed by atoms with van der Waals surface area (Å²) in [6.45, 7) is 2.27. The van der Waals surface area contributed by atoms with Crippen molar-refractivity contribution in [2.45, 2.75) is 25.5 Å². The van der Waals surface area contributed by atoms with Gasteiger partial charge in [-0.05, 0) is 24.6 Å². The van der Waals surface area contributed by atoms with Gasteiger partial charge in [0.05, 0.1) is 25.7 Å². The molecule has 5 heteroatoms. The highest BCUT2D eigenvalue weighted by atomic mass is 16.5. The second kappa shape index (κ2) is 7.76. The number of benzene rings is 1. The summed E-state index contributed by atoms with van der Waals surface area (Å²) in [4.78, 5) is 11.8. The van der Waals surface area contributed by atoms with Crippen LogP contribution in [0.15, 0.2) is 24.3 Å². The highest BCUT2D eigenvalue weighted by Gasteiger charge is 2.14. The molecule has 0 aliphatic carbocycles. The lowest BCUT2D eigenvalue weighted by Crippen LogP contribution is -2.33. The Balaban J connectivity index is 2.53. The Morgan fingerprint density at radius 2 is 1.95 bits per heavy atom. The van der Waals surface area contributed by atoms with Gasteiger partial charge in [-0.15, -0.1) is 0 Å². The van der Waals surface area contributed by atoms with Crippen molar-refractivity contribution >= 4 is 5.91 Å². The van der Waals surface area contributed by atoms with Gasteiger partial charge in [-0.3, -0.25) is 4.79 Å². The number of hydrogen-bond acceptors (Lipinski definition) is 4. The minimum absolute atomic E-state index is 0.0614. The Bertz CT molecular complexity index is 388. The summed E-state index contributed by atoms with van der Waals surface area (Å²) in [5.74, 6) is 0.727. The second-order valence-corrected chi connectivity index (χ2v) is 4.36. The zero-order chi connectivity index (χ0) is 14.3. The Hall–Kier alpha value is -1.59. The summed E-state index contributed by atoms with van der Waals surface area (Å²) in [7, 11) is 3.18. The molecule has 0 saturated carbocycles. The minimum atomic E-state index is -0.233. The molecule has 2 atom stereocenters. The van der Waals surface area contributed by atoms with Gasteiger partial charge in [-0.25, -0.2) is 0 Å². The molecule has 106 valence electrons. The molecule has 0 saturated heterocycles. The number of nitrogens with one attached hydrogen (secondary N) is 1. The third-order valence-electron chi connectivity index (χ3n) is 3.00. The fraction of sp³-hybridized carbons (Fsp3) is 0.500. The molecule has 0 bridgehead atoms. The van der Waals surface area contributed by atoms with Gasteiger partial charge >= 0.3 is 0 Å². The van der Waals surface area contributed by atoms with E-state index in [1.54, 1.807) is 14.2 Å². The van der Waals surface area contributed by atoms with Crippen LogP contribution in [0.1, 0.15) is 24.9 Å². The Morgan fingerprint density at radius 3 is 2.42 bits per heavy atom. The molecule has 19 heavy (non-hydrogen) atoms. The zero-order valence-corrected chi connectivity index (χ0v) is 11.7. The maximum absolute atomic E-state index is 11.8. The molecule has 5 nitrogen and oxygen atoms in total. The van der Waals surface area contributed by atoms with Gasteiger partial charge in [0.1, 0.15) is 5.75 Å². The van der Waals surface area contributed by atoms with E-state index in [0.29, 0.717) is 6.54 Å². The van der Waals surface area contributed by atoms with E-state index < -0.39 is 0 Å². The number of rotatable bonds is 7. The van der Waals surface area contributed by atoms with Gasteiger partial charge in [0.15, 0.2) is 0 Å². The smallest absolute Gasteiger partial charge is 0.223 e. The van der Waals surface area contributed by atoms with Crippen LogP contribution in [0.3, 0.4) is 0 Å². The first kappa shape index (κ1) is 15.5. The van der Waals surface area contributed by atoms with Gasteiger partial charge in [0.25, 0.3) is 0 Å². The Labute approximate surface area is 114 Å². The highest BCUT2D eigenvalue weighted by molar-refractivity contribution is 5.77. The van der Waals surface area contributed by atoms with Crippen molar-refractivity contribution in [2.24, 2.45) is 5.73 Å². The molecule has 1 aromatic rings. The summed E-state index contributed by atoms with van der Waals surface area (Å²) in [5.41, 5.74) is 6.51. The third kappa shape index (κ3) is 4.89. The van der Waals surface area contributed by atoms with Crippen LogP contribution in [0.2, 0.25) is 0 Å². The first-order valence-electron chi connectivity index (χ1n) is 6.26. The number of ether oxygens (including phenoxy) is 2. The van der Waals surface area contributed by atoms with Crippen molar-refractivity contribution in [3.63, 3.8) is 0 Å². The molecule has 0 heterocycles. The number of hydrogen-bond donors (Lipinski definition) is 2. The van der Waals surface area contributed by atoms with Crippen molar-refractivity contribution in [3.05, 3.63) is 29.8 Å². The predicted octanol–water partition coefficient (Wildman–Crippen LogP) is 1.24. The van der Waals surface area contributed by atoms with Crippen molar-refractivity contribution in [1.82, 2.24) is 5.32 Å². The molecular formula is C14H22N2O3. The van der Waals surface area contributed by atoms with Crippen LogP contribution in [-0.4, -0.2) is 32.8 Å². The highest BCUT2D eigenvalue weighted by Crippen LogP contribution is 2.17. The molecular weight excluding hydrogens is 244 g/mol. The van der Waals surface area contributed by atoms with Gasteiger partial charge in [0.2, 0.25) is 5.91 Å². The fourth-order valence-corrected chi connectivity index (χ4v) is 1.75. The lowest BCUT2D eigenvalue weighted by atomic mass is 10.1. The second-order valence-electron chi connectivity index (χ2n) is 4.36. The number of methoxy groups -OCH3 is 2. The molecule has 1 rings (SSSR count). The molecule has 0 radical (unpaired) electrons. The standard InChI is InChI=1S/C14H22N2O3/c1-10(11-4-6-12(18-2)7-5-11)16-14(17)8-13(9-15)19-3/h4-7,10,13H,8-9,15H2,1-3H3,(H,16,17)/t10-,13?/m0/s1. The largest absolute Gasteiger partial charge is 0.497 e. The maximum Gasteiger partial charge on any atom is 0.223 e. The molecule has 0 aromatic heterocycles. The van der Waals surface area contributed by atoms with Crippen LogP contribution in [0.4, 0.5) is 0 Å². The van der Waals surface area contributed by atoms with Crippen LogP contribution >= 0.6 is 0 Å². The van der Waals surface area contributed by atoms with E-state index in [9.17, 15) is 4.79 Å². The lowest BCUT2D eigenvalue weighted by Gasteiger charge is -2.17. The number of carbonyl (C=O) groups excluding carboxylic acids is 1. The molecule has 3 N–H and O–H groups in total. The SMILES string of the molecule is COc1ccc([C@H](C)NC(=O)CC(CN)OC)cc1. The summed E-state index contributed by atoms with van der Waals surface area (Å²) in [6, 6.07) is 7.54. The van der Waals surface area contributed by atoms with Crippen LogP contribution in [0.5, 0.6) is 5.75 Å². The number of amides is 1. The van der Waals surface area contributed by atoms with Crippen LogP contribution in [-0.2, 0) is 9.53 Å². The summed E-state index contributed by atoms with van der Waals surface area (Å²) in [6.07, 6.45) is 0.0381. The molecule has 1 unspecified atom stereocenters. The maximum atomic E-state index is 11.8. The van der Waals surface area contributed by atoms with E-state index in [4.69, 9.17) is 15.2 Å². The summed E-state index contributed by atoms with van der Waals surface area (Å²) in [5, 5.41) is 2.92. The molecule has 0 spiro atoms. The van der Waals surface area contributed by atoms with Crippen molar-refractivity contribution < 1.29 is 14.3 Å². The van der Waals surface area contributed by atoms with E-state index in [1.165, 1.54) is 0 Å². The topological polar surface area (TPSA) is 73.6 Å². The molecule has 1 aromatic carbocycles. The van der Waals surface area contributed by atoms with E-state index in [-0.39, 0.29) is 24.5 Å². The van der Waals surface area contributed by atoms with E-state index in [2.05, 4.69) is 5.32 Å². The predicted molar refractivity (Wildman–Crippen MR) is 74.0 cm³/mol. The summed E-state index contributed by atoms with van der Waals surface area (Å²) >= 11 is 0. The molecule has 0 aliphatic heterocycles. The van der Waals surface area contributed by atoms with Crippen LogP contribution < -0.4 is 15.8 Å². The van der Waals surface area contributed by atoms with Gasteiger partial charge in [0, 0.05) is 13.7 Å². The van der Waals surface area contributed by atoms with Crippen LogP contribution in [0, 0.1) is 0 Å².